The van der Waals surface area contributed by atoms with Crippen LogP contribution in [-0.2, 0) is 15.0 Å². The van der Waals surface area contributed by atoms with Crippen molar-refractivity contribution in [3.05, 3.63) is 29.8 Å². The van der Waals surface area contributed by atoms with Crippen molar-refractivity contribution in [3.8, 4) is 0 Å². The van der Waals surface area contributed by atoms with Crippen LogP contribution in [0.25, 0.3) is 0 Å². The normalized spacial score (nSPS) is 20.0. The van der Waals surface area contributed by atoms with E-state index in [1.54, 1.807) is 4.90 Å². The molecule has 2 aliphatic rings. The average molecular weight is 286 g/mol. The van der Waals surface area contributed by atoms with Gasteiger partial charge in [-0.05, 0) is 30.9 Å². The Hall–Kier alpha value is -1.84. The summed E-state index contributed by atoms with van der Waals surface area (Å²) in [6, 6.07) is 8.06. The molecule has 1 saturated heterocycles. The number of rotatable bonds is 2. The minimum absolute atomic E-state index is 0.186. The van der Waals surface area contributed by atoms with Gasteiger partial charge in [0.15, 0.2) is 0 Å². The predicted molar refractivity (Wildman–Crippen MR) is 82.3 cm³/mol. The van der Waals surface area contributed by atoms with Crippen molar-refractivity contribution in [1.29, 1.82) is 0 Å². The molecule has 0 atom stereocenters. The van der Waals surface area contributed by atoms with E-state index in [0.717, 1.165) is 30.5 Å². The second-order valence-corrected chi connectivity index (χ2v) is 6.09. The summed E-state index contributed by atoms with van der Waals surface area (Å²) >= 11 is 0. The molecule has 112 valence electrons. The standard InChI is InChI=1S/C17H22N2O2/c1-3-6-15(20)19-11-9-17(10-12-19)13-7-4-5-8-14(13)18(2)16(17)21/h4-5,7-8H,3,6,9-12H2,1-2H3. The maximum Gasteiger partial charge on any atom is 0.237 e. The third kappa shape index (κ3) is 2.04. The first kappa shape index (κ1) is 14.1. The van der Waals surface area contributed by atoms with Crippen LogP contribution in [0.2, 0.25) is 0 Å². The number of para-hydroxylation sites is 1. The number of likely N-dealkylation sites (tertiary alicyclic amines) is 1. The molecule has 0 saturated carbocycles. The Labute approximate surface area is 125 Å². The van der Waals surface area contributed by atoms with Gasteiger partial charge in [0.1, 0.15) is 0 Å². The maximum absolute atomic E-state index is 12.8. The summed E-state index contributed by atoms with van der Waals surface area (Å²) in [6.45, 7) is 3.40. The van der Waals surface area contributed by atoms with E-state index in [2.05, 4.69) is 6.07 Å². The van der Waals surface area contributed by atoms with Gasteiger partial charge in [-0.3, -0.25) is 9.59 Å². The van der Waals surface area contributed by atoms with Crippen LogP contribution in [0.5, 0.6) is 0 Å². The molecule has 4 nitrogen and oxygen atoms in total. The van der Waals surface area contributed by atoms with E-state index >= 15 is 0 Å². The summed E-state index contributed by atoms with van der Waals surface area (Å²) < 4.78 is 0. The Balaban J connectivity index is 1.85. The zero-order valence-corrected chi connectivity index (χ0v) is 12.8. The molecule has 2 aliphatic heterocycles. The maximum atomic E-state index is 12.8. The number of likely N-dealkylation sites (N-methyl/N-ethyl adjacent to an activating group) is 1. The summed E-state index contributed by atoms with van der Waals surface area (Å²) in [5.74, 6) is 0.408. The van der Waals surface area contributed by atoms with Crippen LogP contribution in [0.3, 0.4) is 0 Å². The summed E-state index contributed by atoms with van der Waals surface area (Å²) in [4.78, 5) is 28.5. The average Bonchev–Trinajstić information content (AvgIpc) is 2.72. The first-order chi connectivity index (χ1) is 10.1. The van der Waals surface area contributed by atoms with Gasteiger partial charge in [-0.1, -0.05) is 25.1 Å². The molecule has 4 heteroatoms. The summed E-state index contributed by atoms with van der Waals surface area (Å²) in [5.41, 5.74) is 1.75. The molecule has 0 bridgehead atoms. The molecule has 0 radical (unpaired) electrons. The van der Waals surface area contributed by atoms with Crippen LogP contribution in [0.4, 0.5) is 5.69 Å². The molecule has 2 amide bonds. The topological polar surface area (TPSA) is 40.6 Å². The molecular formula is C17H22N2O2. The smallest absolute Gasteiger partial charge is 0.237 e. The SMILES string of the molecule is CCCC(=O)N1CCC2(CC1)C(=O)N(C)c1ccccc12. The summed E-state index contributed by atoms with van der Waals surface area (Å²) in [7, 11) is 1.85. The Kier molecular flexibility index (Phi) is 3.47. The van der Waals surface area contributed by atoms with Gasteiger partial charge in [-0.15, -0.1) is 0 Å². The highest BCUT2D eigenvalue weighted by Gasteiger charge is 2.51. The zero-order valence-electron chi connectivity index (χ0n) is 12.8. The van der Waals surface area contributed by atoms with E-state index in [1.165, 1.54) is 0 Å². The van der Waals surface area contributed by atoms with E-state index in [9.17, 15) is 9.59 Å². The number of piperidine rings is 1. The first-order valence-electron chi connectivity index (χ1n) is 7.75. The summed E-state index contributed by atoms with van der Waals surface area (Å²) in [5, 5.41) is 0. The second kappa shape index (κ2) is 5.17. The van der Waals surface area contributed by atoms with Crippen LogP contribution in [-0.4, -0.2) is 36.9 Å². The lowest BCUT2D eigenvalue weighted by Crippen LogP contribution is -2.49. The minimum atomic E-state index is -0.408. The highest BCUT2D eigenvalue weighted by Crippen LogP contribution is 2.47. The fourth-order valence-electron chi connectivity index (χ4n) is 3.71. The van der Waals surface area contributed by atoms with Crippen molar-refractivity contribution in [2.75, 3.05) is 25.0 Å². The van der Waals surface area contributed by atoms with Crippen molar-refractivity contribution in [3.63, 3.8) is 0 Å². The van der Waals surface area contributed by atoms with Gasteiger partial charge in [0, 0.05) is 32.2 Å². The van der Waals surface area contributed by atoms with Crippen molar-refractivity contribution >= 4 is 17.5 Å². The highest BCUT2D eigenvalue weighted by molar-refractivity contribution is 6.07. The molecule has 0 N–H and O–H groups in total. The molecule has 0 aromatic heterocycles. The number of hydrogen-bond acceptors (Lipinski definition) is 2. The minimum Gasteiger partial charge on any atom is -0.343 e. The molecule has 0 aliphatic carbocycles. The Morgan fingerprint density at radius 2 is 1.90 bits per heavy atom. The lowest BCUT2D eigenvalue weighted by molar-refractivity contribution is -0.135. The molecule has 1 aromatic carbocycles. The van der Waals surface area contributed by atoms with E-state index in [1.807, 2.05) is 37.1 Å². The largest absolute Gasteiger partial charge is 0.343 e. The number of benzene rings is 1. The van der Waals surface area contributed by atoms with Gasteiger partial charge in [-0.2, -0.15) is 0 Å². The van der Waals surface area contributed by atoms with Crippen molar-refractivity contribution in [2.24, 2.45) is 0 Å². The van der Waals surface area contributed by atoms with Gasteiger partial charge in [0.05, 0.1) is 5.41 Å². The number of carbonyl (C=O) groups excluding carboxylic acids is 2. The lowest BCUT2D eigenvalue weighted by atomic mass is 9.73. The van der Waals surface area contributed by atoms with Crippen LogP contribution < -0.4 is 4.90 Å². The number of fused-ring (bicyclic) bond motifs is 2. The monoisotopic (exact) mass is 286 g/mol. The predicted octanol–water partition coefficient (Wildman–Crippen LogP) is 2.32. The molecule has 21 heavy (non-hydrogen) atoms. The Morgan fingerprint density at radius 3 is 2.57 bits per heavy atom. The lowest BCUT2D eigenvalue weighted by Gasteiger charge is -2.38. The van der Waals surface area contributed by atoms with E-state index in [-0.39, 0.29) is 11.8 Å². The summed E-state index contributed by atoms with van der Waals surface area (Å²) in [6.07, 6.45) is 2.97. The quantitative estimate of drug-likeness (QED) is 0.837. The molecule has 1 fully saturated rings. The van der Waals surface area contributed by atoms with Gasteiger partial charge in [0.25, 0.3) is 0 Å². The van der Waals surface area contributed by atoms with Crippen LogP contribution >= 0.6 is 0 Å². The van der Waals surface area contributed by atoms with E-state index in [4.69, 9.17) is 0 Å². The van der Waals surface area contributed by atoms with Crippen LogP contribution in [0.1, 0.15) is 38.2 Å². The molecule has 1 aromatic rings. The number of anilines is 1. The van der Waals surface area contributed by atoms with Crippen LogP contribution in [0.15, 0.2) is 24.3 Å². The third-order valence-electron chi connectivity index (χ3n) is 4.93. The highest BCUT2D eigenvalue weighted by atomic mass is 16.2. The molecule has 3 rings (SSSR count). The molecule has 2 heterocycles. The number of nitrogens with zero attached hydrogens (tertiary/aromatic N) is 2. The van der Waals surface area contributed by atoms with Gasteiger partial charge in [0.2, 0.25) is 11.8 Å². The number of amides is 2. The zero-order chi connectivity index (χ0) is 15.0. The fourth-order valence-corrected chi connectivity index (χ4v) is 3.71. The first-order valence-corrected chi connectivity index (χ1v) is 7.75. The van der Waals surface area contributed by atoms with Gasteiger partial charge < -0.3 is 9.80 Å². The Morgan fingerprint density at radius 1 is 1.24 bits per heavy atom. The van der Waals surface area contributed by atoms with Crippen molar-refractivity contribution in [2.45, 2.75) is 38.0 Å². The van der Waals surface area contributed by atoms with Gasteiger partial charge >= 0.3 is 0 Å². The van der Waals surface area contributed by atoms with E-state index < -0.39 is 5.41 Å². The number of carbonyl (C=O) groups is 2. The molecular weight excluding hydrogens is 264 g/mol. The van der Waals surface area contributed by atoms with Gasteiger partial charge in [-0.25, -0.2) is 0 Å². The van der Waals surface area contributed by atoms with Crippen LogP contribution in [0, 0.1) is 0 Å². The number of hydrogen-bond donors (Lipinski definition) is 0. The second-order valence-electron chi connectivity index (χ2n) is 6.09. The molecule has 1 spiro atoms. The third-order valence-corrected chi connectivity index (χ3v) is 4.93. The molecule has 0 unspecified atom stereocenters. The van der Waals surface area contributed by atoms with Crippen molar-refractivity contribution < 1.29 is 9.59 Å². The van der Waals surface area contributed by atoms with E-state index in [0.29, 0.717) is 19.5 Å². The Bertz CT molecular complexity index is 574. The van der Waals surface area contributed by atoms with Crippen molar-refractivity contribution in [1.82, 2.24) is 4.90 Å². The fraction of sp³-hybridized carbons (Fsp3) is 0.529.